The van der Waals surface area contributed by atoms with Crippen LogP contribution in [-0.2, 0) is 0 Å². The van der Waals surface area contributed by atoms with Gasteiger partial charge in [-0.2, -0.15) is 11.8 Å². The van der Waals surface area contributed by atoms with E-state index in [9.17, 15) is 4.79 Å². The molecular formula is C16H30N2O2S. The molecule has 2 fully saturated rings. The van der Waals surface area contributed by atoms with Crippen molar-refractivity contribution in [2.75, 3.05) is 12.4 Å². The number of carbonyl (C=O) groups is 1. The molecular weight excluding hydrogens is 284 g/mol. The molecule has 0 aromatic heterocycles. The summed E-state index contributed by atoms with van der Waals surface area (Å²) >= 11 is 1.98. The number of hydrogen-bond donors (Lipinski definition) is 3. The molecule has 0 saturated heterocycles. The fourth-order valence-corrected chi connectivity index (χ4v) is 4.76. The monoisotopic (exact) mass is 314 g/mol. The number of amides is 2. The normalized spacial score (nSPS) is 33.4. The molecule has 0 aromatic rings. The lowest BCUT2D eigenvalue weighted by molar-refractivity contribution is 0.173. The van der Waals surface area contributed by atoms with Gasteiger partial charge in [0.25, 0.3) is 0 Å². The predicted molar refractivity (Wildman–Crippen MR) is 88.7 cm³/mol. The molecule has 0 aliphatic heterocycles. The summed E-state index contributed by atoms with van der Waals surface area (Å²) in [6.07, 6.45) is 8.91. The maximum absolute atomic E-state index is 12.2. The van der Waals surface area contributed by atoms with Gasteiger partial charge in [-0.1, -0.05) is 19.8 Å². The third-order valence-corrected chi connectivity index (χ3v) is 6.17. The molecule has 0 bridgehead atoms. The van der Waals surface area contributed by atoms with Gasteiger partial charge >= 0.3 is 6.03 Å². The van der Waals surface area contributed by atoms with Crippen LogP contribution in [0.5, 0.6) is 0 Å². The van der Waals surface area contributed by atoms with Crippen LogP contribution in [0.1, 0.15) is 58.3 Å². The van der Waals surface area contributed by atoms with Crippen molar-refractivity contribution in [3.05, 3.63) is 0 Å². The zero-order chi connectivity index (χ0) is 15.1. The highest BCUT2D eigenvalue weighted by Gasteiger charge is 2.27. The van der Waals surface area contributed by atoms with Gasteiger partial charge < -0.3 is 15.7 Å². The largest absolute Gasteiger partial charge is 0.396 e. The van der Waals surface area contributed by atoms with Crippen LogP contribution in [0.4, 0.5) is 4.79 Å². The zero-order valence-corrected chi connectivity index (χ0v) is 14.0. The van der Waals surface area contributed by atoms with Gasteiger partial charge in [0.15, 0.2) is 0 Å². The van der Waals surface area contributed by atoms with Crippen molar-refractivity contribution in [1.29, 1.82) is 0 Å². The Kier molecular flexibility index (Phi) is 7.17. The Morgan fingerprint density at radius 3 is 2.48 bits per heavy atom. The van der Waals surface area contributed by atoms with Gasteiger partial charge in [-0.15, -0.1) is 0 Å². The quantitative estimate of drug-likeness (QED) is 0.731. The zero-order valence-electron chi connectivity index (χ0n) is 13.1. The Morgan fingerprint density at radius 2 is 1.81 bits per heavy atom. The highest BCUT2D eigenvalue weighted by atomic mass is 32.2. The lowest BCUT2D eigenvalue weighted by atomic mass is 9.86. The van der Waals surface area contributed by atoms with E-state index in [0.29, 0.717) is 17.2 Å². The number of aliphatic hydroxyl groups excluding tert-OH is 1. The number of urea groups is 1. The van der Waals surface area contributed by atoms with Crippen LogP contribution < -0.4 is 10.6 Å². The average Bonchev–Trinajstić information content (AvgIpc) is 2.50. The Labute approximate surface area is 132 Å². The van der Waals surface area contributed by atoms with Crippen LogP contribution in [0.25, 0.3) is 0 Å². The average molecular weight is 314 g/mol. The van der Waals surface area contributed by atoms with Crippen molar-refractivity contribution in [2.24, 2.45) is 5.92 Å². The maximum atomic E-state index is 12.2. The van der Waals surface area contributed by atoms with E-state index in [1.165, 1.54) is 19.3 Å². The van der Waals surface area contributed by atoms with E-state index in [0.717, 1.165) is 37.9 Å². The van der Waals surface area contributed by atoms with Crippen LogP contribution >= 0.6 is 11.8 Å². The minimum Gasteiger partial charge on any atom is -0.396 e. The lowest BCUT2D eigenvalue weighted by Gasteiger charge is -2.33. The first-order chi connectivity index (χ1) is 10.2. The van der Waals surface area contributed by atoms with Gasteiger partial charge in [-0.25, -0.2) is 4.79 Å². The van der Waals surface area contributed by atoms with Crippen LogP contribution in [0.3, 0.4) is 0 Å². The molecule has 2 atom stereocenters. The molecule has 0 aromatic carbocycles. The second-order valence-electron chi connectivity index (χ2n) is 6.40. The summed E-state index contributed by atoms with van der Waals surface area (Å²) in [5.41, 5.74) is 0. The summed E-state index contributed by atoms with van der Waals surface area (Å²) in [4.78, 5) is 12.2. The number of hydrogen-bond acceptors (Lipinski definition) is 3. The van der Waals surface area contributed by atoms with Crippen LogP contribution in [0.2, 0.25) is 0 Å². The lowest BCUT2D eigenvalue weighted by Crippen LogP contribution is -2.51. The molecule has 0 radical (unpaired) electrons. The van der Waals surface area contributed by atoms with Crippen LogP contribution in [0, 0.1) is 5.92 Å². The first kappa shape index (κ1) is 16.9. The molecule has 3 N–H and O–H groups in total. The molecule has 5 heteroatoms. The second kappa shape index (κ2) is 8.89. The first-order valence-electron chi connectivity index (χ1n) is 8.52. The highest BCUT2D eigenvalue weighted by Crippen LogP contribution is 2.29. The van der Waals surface area contributed by atoms with Crippen molar-refractivity contribution in [3.8, 4) is 0 Å². The molecule has 2 unspecified atom stereocenters. The first-order valence-corrected chi connectivity index (χ1v) is 9.57. The van der Waals surface area contributed by atoms with Crippen molar-refractivity contribution in [2.45, 2.75) is 75.6 Å². The van der Waals surface area contributed by atoms with E-state index in [1.54, 1.807) is 0 Å². The van der Waals surface area contributed by atoms with Gasteiger partial charge in [0.2, 0.25) is 0 Å². The molecule has 2 aliphatic carbocycles. The second-order valence-corrected chi connectivity index (χ2v) is 7.92. The van der Waals surface area contributed by atoms with Crippen molar-refractivity contribution in [1.82, 2.24) is 10.6 Å². The highest BCUT2D eigenvalue weighted by molar-refractivity contribution is 7.99. The standard InChI is InChI=1S/C16H30N2O2S/c1-2-21-15-6-4-3-5-14(15)18-16(20)17-13-9-7-12(11-19)8-10-13/h12-15,19H,2-11H2,1H3,(H2,17,18,20). The molecule has 0 spiro atoms. The molecule has 0 heterocycles. The van der Waals surface area contributed by atoms with E-state index < -0.39 is 0 Å². The van der Waals surface area contributed by atoms with E-state index in [4.69, 9.17) is 5.11 Å². The van der Waals surface area contributed by atoms with E-state index in [-0.39, 0.29) is 18.7 Å². The summed E-state index contributed by atoms with van der Waals surface area (Å²) in [7, 11) is 0. The Balaban J connectivity index is 1.73. The van der Waals surface area contributed by atoms with Crippen LogP contribution in [0.15, 0.2) is 0 Å². The number of carbonyl (C=O) groups excluding carboxylic acids is 1. The van der Waals surface area contributed by atoms with E-state index in [1.807, 2.05) is 11.8 Å². The van der Waals surface area contributed by atoms with E-state index in [2.05, 4.69) is 17.6 Å². The van der Waals surface area contributed by atoms with Gasteiger partial charge in [0.05, 0.1) is 0 Å². The molecule has 4 nitrogen and oxygen atoms in total. The van der Waals surface area contributed by atoms with Gasteiger partial charge in [-0.3, -0.25) is 0 Å². The summed E-state index contributed by atoms with van der Waals surface area (Å²) in [6, 6.07) is 0.627. The fraction of sp³-hybridized carbons (Fsp3) is 0.938. The van der Waals surface area contributed by atoms with Gasteiger partial charge in [0.1, 0.15) is 0 Å². The Bertz CT molecular complexity index is 317. The van der Waals surface area contributed by atoms with Gasteiger partial charge in [-0.05, 0) is 50.2 Å². The summed E-state index contributed by atoms with van der Waals surface area (Å²) in [6.45, 7) is 2.48. The van der Waals surface area contributed by atoms with E-state index >= 15 is 0 Å². The molecule has 2 amide bonds. The fourth-order valence-electron chi connectivity index (χ4n) is 3.56. The summed E-state index contributed by atoms with van der Waals surface area (Å²) in [5.74, 6) is 1.56. The van der Waals surface area contributed by atoms with Crippen molar-refractivity contribution < 1.29 is 9.90 Å². The molecule has 2 saturated carbocycles. The maximum Gasteiger partial charge on any atom is 0.315 e. The molecule has 21 heavy (non-hydrogen) atoms. The molecule has 122 valence electrons. The molecule has 2 rings (SSSR count). The van der Waals surface area contributed by atoms with Crippen LogP contribution in [-0.4, -0.2) is 40.8 Å². The number of aliphatic hydroxyl groups is 1. The SMILES string of the molecule is CCSC1CCCCC1NC(=O)NC1CCC(CO)CC1. The third-order valence-electron chi connectivity index (χ3n) is 4.84. The summed E-state index contributed by atoms with van der Waals surface area (Å²) in [5, 5.41) is 16.1. The number of thioether (sulfide) groups is 1. The Hall–Kier alpha value is -0.420. The minimum absolute atomic E-state index is 0.0102. The van der Waals surface area contributed by atoms with Gasteiger partial charge in [0, 0.05) is 23.9 Å². The van der Waals surface area contributed by atoms with Crippen molar-refractivity contribution >= 4 is 17.8 Å². The number of nitrogens with one attached hydrogen (secondary N) is 2. The Morgan fingerprint density at radius 1 is 1.10 bits per heavy atom. The minimum atomic E-state index is 0.0102. The summed E-state index contributed by atoms with van der Waals surface area (Å²) < 4.78 is 0. The molecule has 2 aliphatic rings. The number of rotatable bonds is 5. The third kappa shape index (κ3) is 5.37. The topological polar surface area (TPSA) is 61.4 Å². The van der Waals surface area contributed by atoms with Crippen molar-refractivity contribution in [3.63, 3.8) is 0 Å². The predicted octanol–water partition coefficient (Wildman–Crippen LogP) is 2.90. The smallest absolute Gasteiger partial charge is 0.315 e.